The van der Waals surface area contributed by atoms with E-state index in [1.165, 1.54) is 44.6 Å². The highest BCUT2D eigenvalue weighted by Gasteiger charge is 2.11. The Labute approximate surface area is 91.8 Å². The van der Waals surface area contributed by atoms with Gasteiger partial charge in [-0.3, -0.25) is 0 Å². The van der Waals surface area contributed by atoms with Crippen molar-refractivity contribution in [2.24, 2.45) is 0 Å². The molecule has 0 atom stereocenters. The van der Waals surface area contributed by atoms with Crippen molar-refractivity contribution in [3.8, 4) is 0 Å². The molecule has 0 saturated carbocycles. The van der Waals surface area contributed by atoms with Crippen molar-refractivity contribution in [3.05, 3.63) is 12.2 Å². The molecule has 0 aliphatic rings. The molecule has 0 nitrogen and oxygen atoms in total. The molecule has 0 rings (SSSR count). The summed E-state index contributed by atoms with van der Waals surface area (Å²) in [6, 6.07) is 1.52. The molecule has 0 aliphatic carbocycles. The lowest BCUT2D eigenvalue weighted by Gasteiger charge is -2.14. The van der Waals surface area contributed by atoms with Gasteiger partial charge in [-0.05, 0) is 19.8 Å². The summed E-state index contributed by atoms with van der Waals surface area (Å²) in [4.78, 5) is 0. The predicted molar refractivity (Wildman–Crippen MR) is 70.7 cm³/mol. The van der Waals surface area contributed by atoms with Crippen LogP contribution in [0.1, 0.15) is 45.4 Å². The zero-order valence-electron chi connectivity index (χ0n) is 10.6. The molecule has 0 radical (unpaired) electrons. The van der Waals surface area contributed by atoms with Gasteiger partial charge in [-0.25, -0.2) is 0 Å². The van der Waals surface area contributed by atoms with Crippen LogP contribution in [0.25, 0.3) is 0 Å². The zero-order chi connectivity index (χ0) is 10.9. The maximum absolute atomic E-state index is 2.47. The van der Waals surface area contributed by atoms with E-state index in [1.54, 1.807) is 0 Å². The Hall–Kier alpha value is -0.0431. The number of hydrogen-bond donors (Lipinski definition) is 0. The molecule has 0 heterocycles. The molecule has 0 amide bonds. The second-order valence-electron chi connectivity index (χ2n) is 5.44. The van der Waals surface area contributed by atoms with Crippen molar-refractivity contribution in [1.29, 1.82) is 0 Å². The summed E-state index contributed by atoms with van der Waals surface area (Å²) in [5.74, 6) is 0. The molecule has 0 aliphatic heterocycles. The molecule has 84 valence electrons. The summed E-state index contributed by atoms with van der Waals surface area (Å²) in [5, 5.41) is 0. The van der Waals surface area contributed by atoms with Gasteiger partial charge in [0.25, 0.3) is 0 Å². The molecule has 0 fully saturated rings. The van der Waals surface area contributed by atoms with E-state index in [-0.39, 0.29) is 0 Å². The van der Waals surface area contributed by atoms with Crippen molar-refractivity contribution in [3.63, 3.8) is 0 Å². The van der Waals surface area contributed by atoms with Gasteiger partial charge in [0.2, 0.25) is 0 Å². The van der Waals surface area contributed by atoms with Crippen LogP contribution in [0.15, 0.2) is 12.2 Å². The average molecular weight is 212 g/mol. The SMILES string of the molecule is CC=CCCCCCCC[Si](C)(C)C. The molecular formula is C13H28Si. The summed E-state index contributed by atoms with van der Waals surface area (Å²) >= 11 is 0. The molecular weight excluding hydrogens is 184 g/mol. The number of rotatable bonds is 8. The van der Waals surface area contributed by atoms with Crippen LogP contribution in [0.5, 0.6) is 0 Å². The van der Waals surface area contributed by atoms with Crippen LogP contribution < -0.4 is 0 Å². The fraction of sp³-hybridized carbons (Fsp3) is 0.846. The summed E-state index contributed by atoms with van der Waals surface area (Å²) in [5.41, 5.74) is 0. The van der Waals surface area contributed by atoms with Crippen LogP contribution in [0.3, 0.4) is 0 Å². The second kappa shape index (κ2) is 8.28. The third-order valence-corrected chi connectivity index (χ3v) is 4.39. The predicted octanol–water partition coefficient (Wildman–Crippen LogP) is 5.24. The minimum absolute atomic E-state index is 0.750. The Balaban J connectivity index is 3.07. The zero-order valence-corrected chi connectivity index (χ0v) is 11.6. The van der Waals surface area contributed by atoms with E-state index in [0.717, 1.165) is 0 Å². The monoisotopic (exact) mass is 212 g/mol. The third-order valence-electron chi connectivity index (χ3n) is 2.53. The highest BCUT2D eigenvalue weighted by molar-refractivity contribution is 6.76. The van der Waals surface area contributed by atoms with Gasteiger partial charge in [0.05, 0.1) is 0 Å². The normalized spacial score (nSPS) is 12.6. The minimum atomic E-state index is -0.750. The summed E-state index contributed by atoms with van der Waals surface area (Å²) < 4.78 is 0. The lowest BCUT2D eigenvalue weighted by atomic mass is 10.1. The van der Waals surface area contributed by atoms with E-state index >= 15 is 0 Å². The highest BCUT2D eigenvalue weighted by Crippen LogP contribution is 2.15. The van der Waals surface area contributed by atoms with E-state index in [1.807, 2.05) is 0 Å². The standard InChI is InChI=1S/C13H28Si/c1-5-6-7-8-9-10-11-12-13-14(2,3)4/h5-6H,7-13H2,1-4H3. The van der Waals surface area contributed by atoms with Gasteiger partial charge in [-0.15, -0.1) is 0 Å². The van der Waals surface area contributed by atoms with Crippen molar-refractivity contribution in [2.45, 2.75) is 71.1 Å². The van der Waals surface area contributed by atoms with Crippen LogP contribution in [0.4, 0.5) is 0 Å². The molecule has 0 unspecified atom stereocenters. The minimum Gasteiger partial charge on any atom is -0.0917 e. The van der Waals surface area contributed by atoms with Crippen LogP contribution >= 0.6 is 0 Å². The van der Waals surface area contributed by atoms with Crippen molar-refractivity contribution in [2.75, 3.05) is 0 Å². The number of allylic oxidation sites excluding steroid dienone is 2. The average Bonchev–Trinajstić information content (AvgIpc) is 2.08. The molecule has 0 bridgehead atoms. The molecule has 0 N–H and O–H groups in total. The fourth-order valence-corrected chi connectivity index (χ4v) is 2.93. The Morgan fingerprint density at radius 2 is 1.43 bits per heavy atom. The lowest BCUT2D eigenvalue weighted by Crippen LogP contribution is -2.18. The topological polar surface area (TPSA) is 0 Å². The van der Waals surface area contributed by atoms with E-state index in [2.05, 4.69) is 38.7 Å². The fourth-order valence-electron chi connectivity index (χ4n) is 1.61. The van der Waals surface area contributed by atoms with Crippen LogP contribution in [0.2, 0.25) is 25.7 Å². The number of hydrogen-bond acceptors (Lipinski definition) is 0. The van der Waals surface area contributed by atoms with E-state index in [4.69, 9.17) is 0 Å². The maximum Gasteiger partial charge on any atom is 0.0442 e. The van der Waals surface area contributed by atoms with Crippen LogP contribution in [-0.4, -0.2) is 8.07 Å². The van der Waals surface area contributed by atoms with Gasteiger partial charge >= 0.3 is 0 Å². The Morgan fingerprint density at radius 3 is 2.00 bits per heavy atom. The van der Waals surface area contributed by atoms with Gasteiger partial charge in [0.15, 0.2) is 0 Å². The maximum atomic E-state index is 2.47. The molecule has 0 spiro atoms. The Kier molecular flexibility index (Phi) is 8.25. The molecule has 1 heteroatoms. The van der Waals surface area contributed by atoms with Gasteiger partial charge in [0.1, 0.15) is 0 Å². The summed E-state index contributed by atoms with van der Waals surface area (Å²) in [7, 11) is -0.750. The van der Waals surface area contributed by atoms with E-state index < -0.39 is 8.07 Å². The summed E-state index contributed by atoms with van der Waals surface area (Å²) in [6.45, 7) is 9.52. The largest absolute Gasteiger partial charge is 0.0917 e. The van der Waals surface area contributed by atoms with Crippen molar-refractivity contribution < 1.29 is 0 Å². The van der Waals surface area contributed by atoms with Gasteiger partial charge in [0, 0.05) is 8.07 Å². The summed E-state index contributed by atoms with van der Waals surface area (Å²) in [6.07, 6.45) is 12.9. The van der Waals surface area contributed by atoms with Crippen molar-refractivity contribution in [1.82, 2.24) is 0 Å². The van der Waals surface area contributed by atoms with Gasteiger partial charge < -0.3 is 0 Å². The van der Waals surface area contributed by atoms with E-state index in [9.17, 15) is 0 Å². The first-order valence-electron chi connectivity index (χ1n) is 6.17. The molecule has 0 aromatic rings. The second-order valence-corrected chi connectivity index (χ2v) is 11.1. The van der Waals surface area contributed by atoms with Crippen LogP contribution in [0, 0.1) is 0 Å². The van der Waals surface area contributed by atoms with E-state index in [0.29, 0.717) is 0 Å². The highest BCUT2D eigenvalue weighted by atomic mass is 28.3. The molecule has 0 aromatic heterocycles. The first kappa shape index (κ1) is 14.0. The smallest absolute Gasteiger partial charge is 0.0442 e. The van der Waals surface area contributed by atoms with Crippen molar-refractivity contribution >= 4 is 8.07 Å². The Bertz CT molecular complexity index is 142. The van der Waals surface area contributed by atoms with Gasteiger partial charge in [-0.1, -0.05) is 63.5 Å². The number of unbranched alkanes of at least 4 members (excludes halogenated alkanes) is 5. The Morgan fingerprint density at radius 1 is 0.857 bits per heavy atom. The van der Waals surface area contributed by atoms with Crippen LogP contribution in [-0.2, 0) is 0 Å². The first-order chi connectivity index (χ1) is 6.56. The molecule has 0 aromatic carbocycles. The van der Waals surface area contributed by atoms with Gasteiger partial charge in [-0.2, -0.15) is 0 Å². The molecule has 0 saturated heterocycles. The quantitative estimate of drug-likeness (QED) is 0.293. The lowest BCUT2D eigenvalue weighted by molar-refractivity contribution is 0.635. The molecule has 14 heavy (non-hydrogen) atoms. The first-order valence-corrected chi connectivity index (χ1v) is 9.88. The third kappa shape index (κ3) is 12.0.